The highest BCUT2D eigenvalue weighted by atomic mass is 16.5. The van der Waals surface area contributed by atoms with Gasteiger partial charge in [0.25, 0.3) is 0 Å². The Morgan fingerprint density at radius 2 is 2.07 bits per heavy atom. The van der Waals surface area contributed by atoms with Crippen LogP contribution in [0.1, 0.15) is 20.3 Å². The van der Waals surface area contributed by atoms with Gasteiger partial charge in [-0.3, -0.25) is 9.59 Å². The molecule has 0 rings (SSSR count). The second-order valence-corrected chi connectivity index (χ2v) is 2.48. The number of carbonyl (C=O) groups excluding carboxylic acids is 2. The second-order valence-electron chi connectivity index (χ2n) is 2.48. The summed E-state index contributed by atoms with van der Waals surface area (Å²) in [5.41, 5.74) is 0.499. The third-order valence-corrected chi connectivity index (χ3v) is 1.33. The Bertz CT molecular complexity index is 235. The molecule has 5 heteroatoms. The van der Waals surface area contributed by atoms with Crippen LogP contribution in [0.5, 0.6) is 0 Å². The average Bonchev–Trinajstić information content (AvgIpc) is 2.12. The smallest absolute Gasteiger partial charge is 0.311 e. The quantitative estimate of drug-likeness (QED) is 0.520. The molecule has 0 aromatic rings. The van der Waals surface area contributed by atoms with E-state index in [1.165, 1.54) is 13.2 Å². The summed E-state index contributed by atoms with van der Waals surface area (Å²) >= 11 is 0. The number of rotatable bonds is 5. The maximum atomic E-state index is 11.0. The van der Waals surface area contributed by atoms with E-state index in [1.54, 1.807) is 14.0 Å². The second kappa shape index (κ2) is 6.94. The van der Waals surface area contributed by atoms with Crippen LogP contribution in [0.2, 0.25) is 0 Å². The minimum absolute atomic E-state index is 0.0671. The molecule has 0 fully saturated rings. The predicted octanol–water partition coefficient (Wildman–Crippen LogP) is 0.563. The number of nitrogens with one attached hydrogen (secondary N) is 1. The molecule has 0 aromatic heterocycles. The van der Waals surface area contributed by atoms with E-state index in [0.29, 0.717) is 12.3 Å². The summed E-state index contributed by atoms with van der Waals surface area (Å²) in [6.45, 7) is 3.35. The number of carbonyl (C=O) groups is 2. The largest absolute Gasteiger partial charge is 0.466 e. The first kappa shape index (κ1) is 12.5. The van der Waals surface area contributed by atoms with E-state index in [4.69, 9.17) is 4.74 Å². The number of esters is 2. The monoisotopic (exact) mass is 201 g/mol. The van der Waals surface area contributed by atoms with E-state index >= 15 is 0 Å². The first-order valence-electron chi connectivity index (χ1n) is 4.29. The van der Waals surface area contributed by atoms with Gasteiger partial charge in [-0.25, -0.2) is 0 Å². The zero-order valence-electron chi connectivity index (χ0n) is 8.62. The van der Waals surface area contributed by atoms with E-state index in [1.807, 2.05) is 0 Å². The average molecular weight is 201 g/mol. The summed E-state index contributed by atoms with van der Waals surface area (Å²) in [5.74, 6) is -0.790. The van der Waals surface area contributed by atoms with Crippen LogP contribution >= 0.6 is 0 Å². The van der Waals surface area contributed by atoms with Crippen molar-refractivity contribution in [2.45, 2.75) is 20.3 Å². The standard InChI is InChI=1S/C9H15NO4/c1-4-13-9(12)5-8(10-3)6-14-7(2)11/h6,10H,4-5H2,1-3H3. The van der Waals surface area contributed by atoms with E-state index < -0.39 is 5.97 Å². The Morgan fingerprint density at radius 1 is 1.43 bits per heavy atom. The number of hydrogen-bond donors (Lipinski definition) is 1. The Morgan fingerprint density at radius 3 is 2.50 bits per heavy atom. The fourth-order valence-electron chi connectivity index (χ4n) is 0.711. The zero-order chi connectivity index (χ0) is 11.0. The number of ether oxygens (including phenoxy) is 2. The topological polar surface area (TPSA) is 64.6 Å². The van der Waals surface area contributed by atoms with Crippen LogP contribution in [-0.4, -0.2) is 25.6 Å². The van der Waals surface area contributed by atoms with Gasteiger partial charge in [0.2, 0.25) is 0 Å². The minimum atomic E-state index is -0.429. The molecule has 0 aliphatic heterocycles. The lowest BCUT2D eigenvalue weighted by Gasteiger charge is -2.05. The van der Waals surface area contributed by atoms with Crippen LogP contribution in [0, 0.1) is 0 Å². The molecule has 0 aliphatic rings. The lowest BCUT2D eigenvalue weighted by molar-refractivity contribution is -0.142. The van der Waals surface area contributed by atoms with E-state index in [9.17, 15) is 9.59 Å². The maximum absolute atomic E-state index is 11.0. The maximum Gasteiger partial charge on any atom is 0.311 e. The van der Waals surface area contributed by atoms with Gasteiger partial charge in [-0.2, -0.15) is 0 Å². The van der Waals surface area contributed by atoms with Gasteiger partial charge >= 0.3 is 11.9 Å². The molecule has 0 saturated carbocycles. The summed E-state index contributed by atoms with van der Waals surface area (Å²) in [5, 5.41) is 2.73. The van der Waals surface area contributed by atoms with Gasteiger partial charge in [-0.05, 0) is 6.92 Å². The van der Waals surface area contributed by atoms with Gasteiger partial charge in [0.15, 0.2) is 0 Å². The summed E-state index contributed by atoms with van der Waals surface area (Å²) in [6, 6.07) is 0. The Hall–Kier alpha value is -1.52. The molecular weight excluding hydrogens is 186 g/mol. The lowest BCUT2D eigenvalue weighted by atomic mass is 10.3. The molecule has 14 heavy (non-hydrogen) atoms. The van der Waals surface area contributed by atoms with E-state index in [2.05, 4.69) is 10.1 Å². The van der Waals surface area contributed by atoms with Crippen molar-refractivity contribution < 1.29 is 19.1 Å². The first-order valence-corrected chi connectivity index (χ1v) is 4.29. The van der Waals surface area contributed by atoms with Crippen LogP contribution < -0.4 is 5.32 Å². The van der Waals surface area contributed by atoms with Crippen LogP contribution in [-0.2, 0) is 19.1 Å². The molecule has 0 aromatic carbocycles. The van der Waals surface area contributed by atoms with Crippen LogP contribution in [0.25, 0.3) is 0 Å². The highest BCUT2D eigenvalue weighted by Crippen LogP contribution is 1.99. The summed E-state index contributed by atoms with van der Waals surface area (Å²) in [4.78, 5) is 21.5. The molecule has 80 valence electrons. The van der Waals surface area contributed by atoms with Crippen LogP contribution in [0.3, 0.4) is 0 Å². The van der Waals surface area contributed by atoms with Crippen molar-refractivity contribution in [1.82, 2.24) is 5.32 Å². The van der Waals surface area contributed by atoms with Crippen molar-refractivity contribution in [2.75, 3.05) is 13.7 Å². The lowest BCUT2D eigenvalue weighted by Crippen LogP contribution is -2.14. The Labute approximate surface area is 83.1 Å². The fourth-order valence-corrected chi connectivity index (χ4v) is 0.711. The van der Waals surface area contributed by atoms with Gasteiger partial charge in [-0.1, -0.05) is 0 Å². The molecule has 0 heterocycles. The van der Waals surface area contributed by atoms with Crippen molar-refractivity contribution in [3.63, 3.8) is 0 Å². The predicted molar refractivity (Wildman–Crippen MR) is 50.2 cm³/mol. The molecule has 0 radical (unpaired) electrons. The number of hydrogen-bond acceptors (Lipinski definition) is 5. The van der Waals surface area contributed by atoms with Crippen molar-refractivity contribution in [3.05, 3.63) is 12.0 Å². The molecule has 0 bridgehead atoms. The van der Waals surface area contributed by atoms with Gasteiger partial charge in [0, 0.05) is 14.0 Å². The molecule has 5 nitrogen and oxygen atoms in total. The van der Waals surface area contributed by atoms with Gasteiger partial charge in [-0.15, -0.1) is 0 Å². The Kier molecular flexibility index (Phi) is 6.19. The first-order chi connectivity index (χ1) is 6.60. The normalized spacial score (nSPS) is 10.6. The molecule has 0 saturated heterocycles. The summed E-state index contributed by atoms with van der Waals surface area (Å²) in [7, 11) is 1.63. The summed E-state index contributed by atoms with van der Waals surface area (Å²) in [6.07, 6.45) is 1.27. The molecule has 0 unspecified atom stereocenters. The third-order valence-electron chi connectivity index (χ3n) is 1.33. The van der Waals surface area contributed by atoms with Crippen molar-refractivity contribution in [2.24, 2.45) is 0 Å². The zero-order valence-corrected chi connectivity index (χ0v) is 8.62. The van der Waals surface area contributed by atoms with Gasteiger partial charge in [0.05, 0.1) is 18.7 Å². The van der Waals surface area contributed by atoms with Crippen LogP contribution in [0.15, 0.2) is 12.0 Å². The van der Waals surface area contributed by atoms with E-state index in [-0.39, 0.29) is 12.4 Å². The molecule has 0 aliphatic carbocycles. The highest BCUT2D eigenvalue weighted by molar-refractivity contribution is 5.72. The van der Waals surface area contributed by atoms with E-state index in [0.717, 1.165) is 0 Å². The Balaban J connectivity index is 4.07. The molecular formula is C9H15NO4. The molecule has 0 atom stereocenters. The van der Waals surface area contributed by atoms with Crippen molar-refractivity contribution >= 4 is 11.9 Å². The molecule has 1 N–H and O–H groups in total. The van der Waals surface area contributed by atoms with Gasteiger partial charge in [0.1, 0.15) is 6.26 Å². The van der Waals surface area contributed by atoms with Gasteiger partial charge < -0.3 is 14.8 Å². The fraction of sp³-hybridized carbons (Fsp3) is 0.556. The highest BCUT2D eigenvalue weighted by Gasteiger charge is 2.05. The SMILES string of the molecule is CCOC(=O)CC(=COC(C)=O)NC. The van der Waals surface area contributed by atoms with Crippen molar-refractivity contribution in [1.29, 1.82) is 0 Å². The minimum Gasteiger partial charge on any atom is -0.466 e. The van der Waals surface area contributed by atoms with Crippen molar-refractivity contribution in [3.8, 4) is 0 Å². The molecule has 0 amide bonds. The van der Waals surface area contributed by atoms with Crippen LogP contribution in [0.4, 0.5) is 0 Å². The summed E-state index contributed by atoms with van der Waals surface area (Å²) < 4.78 is 9.32. The third kappa shape index (κ3) is 6.05. The molecule has 0 spiro atoms.